The average Bonchev–Trinajstić information content (AvgIpc) is 2.63. The number of aryl methyl sites for hydroxylation is 1. The molecule has 4 rings (SSSR count). The lowest BCUT2D eigenvalue weighted by Crippen LogP contribution is -2.40. The van der Waals surface area contributed by atoms with Crippen LogP contribution in [0.4, 0.5) is 5.69 Å². The highest BCUT2D eigenvalue weighted by Crippen LogP contribution is 2.46. The number of carbonyl (C=O) groups is 1. The summed E-state index contributed by atoms with van der Waals surface area (Å²) >= 11 is 0. The van der Waals surface area contributed by atoms with Crippen molar-refractivity contribution < 1.29 is 15.0 Å². The van der Waals surface area contributed by atoms with Gasteiger partial charge in [-0.1, -0.05) is 42.0 Å². The smallest absolute Gasteiger partial charge is 0.173 e. The van der Waals surface area contributed by atoms with Crippen LogP contribution in [-0.4, -0.2) is 16.0 Å². The number of rotatable bonds is 2. The monoisotopic (exact) mass is 333 g/mol. The predicted molar refractivity (Wildman–Crippen MR) is 96.3 cm³/mol. The molecule has 3 unspecified atom stereocenters. The van der Waals surface area contributed by atoms with Crippen LogP contribution in [0.1, 0.15) is 27.6 Å². The van der Waals surface area contributed by atoms with Gasteiger partial charge in [-0.15, -0.1) is 0 Å². The van der Waals surface area contributed by atoms with Crippen molar-refractivity contribution in [3.05, 3.63) is 88.8 Å². The number of hydrogen-bond acceptors (Lipinski definition) is 4. The first-order valence-corrected chi connectivity index (χ1v) is 8.32. The number of aliphatic hydroxyl groups excluding tert-OH is 2. The van der Waals surface area contributed by atoms with Crippen molar-refractivity contribution >= 4 is 11.5 Å². The van der Waals surface area contributed by atoms with Gasteiger partial charge in [-0.2, -0.15) is 0 Å². The highest BCUT2D eigenvalue weighted by Gasteiger charge is 2.46. The highest BCUT2D eigenvalue weighted by molar-refractivity contribution is 6.03. The van der Waals surface area contributed by atoms with Crippen molar-refractivity contribution in [1.29, 1.82) is 0 Å². The molecule has 25 heavy (non-hydrogen) atoms. The molecule has 0 saturated heterocycles. The lowest BCUT2D eigenvalue weighted by atomic mass is 9.69. The van der Waals surface area contributed by atoms with E-state index in [4.69, 9.17) is 0 Å². The number of carbonyl (C=O) groups excluding carboxylic acids is 1. The van der Waals surface area contributed by atoms with E-state index in [9.17, 15) is 15.0 Å². The molecule has 0 radical (unpaired) electrons. The lowest BCUT2D eigenvalue weighted by Gasteiger charge is -2.38. The quantitative estimate of drug-likeness (QED) is 0.779. The Morgan fingerprint density at radius 2 is 1.72 bits per heavy atom. The van der Waals surface area contributed by atoms with Crippen LogP contribution in [0.15, 0.2) is 72.1 Å². The van der Waals surface area contributed by atoms with Gasteiger partial charge in [0.25, 0.3) is 0 Å². The normalized spacial score (nSPS) is 24.7. The average molecular weight is 333 g/mol. The number of allylic oxidation sites excluding steroid dienone is 3. The molecule has 2 aliphatic carbocycles. The van der Waals surface area contributed by atoms with Crippen LogP contribution in [0, 0.1) is 18.8 Å². The molecule has 126 valence electrons. The minimum absolute atomic E-state index is 0.0369. The van der Waals surface area contributed by atoms with E-state index in [0.29, 0.717) is 16.8 Å². The van der Waals surface area contributed by atoms with Crippen molar-refractivity contribution in [3.8, 4) is 0 Å². The first kappa shape index (κ1) is 15.7. The molecule has 0 saturated carbocycles. The van der Waals surface area contributed by atoms with Gasteiger partial charge in [-0.3, -0.25) is 4.79 Å². The van der Waals surface area contributed by atoms with Crippen LogP contribution >= 0.6 is 0 Å². The Balaban J connectivity index is 1.75. The number of ketones is 1. The van der Waals surface area contributed by atoms with Crippen molar-refractivity contribution in [2.75, 3.05) is 5.32 Å². The number of hydrogen-bond donors (Lipinski definition) is 3. The third-order valence-electron chi connectivity index (χ3n) is 4.98. The summed E-state index contributed by atoms with van der Waals surface area (Å²) < 4.78 is 0. The minimum Gasteiger partial charge on any atom is -0.512 e. The molecule has 4 nitrogen and oxygen atoms in total. The molecule has 0 spiro atoms. The summed E-state index contributed by atoms with van der Waals surface area (Å²) in [6, 6.07) is 14.9. The van der Waals surface area contributed by atoms with Crippen molar-refractivity contribution in [2.45, 2.75) is 13.0 Å². The van der Waals surface area contributed by atoms with Gasteiger partial charge in [0.1, 0.15) is 0 Å². The fourth-order valence-corrected chi connectivity index (χ4v) is 3.67. The van der Waals surface area contributed by atoms with E-state index in [1.165, 1.54) is 0 Å². The Kier molecular flexibility index (Phi) is 3.70. The van der Waals surface area contributed by atoms with Crippen LogP contribution in [0.3, 0.4) is 0 Å². The van der Waals surface area contributed by atoms with Crippen molar-refractivity contribution in [3.63, 3.8) is 0 Å². The van der Waals surface area contributed by atoms with E-state index in [1.54, 1.807) is 36.4 Å². The molecule has 2 aromatic rings. The Bertz CT molecular complexity index is 896. The molecule has 0 fully saturated rings. The second-order valence-corrected chi connectivity index (χ2v) is 6.60. The molecule has 2 aliphatic rings. The summed E-state index contributed by atoms with van der Waals surface area (Å²) in [7, 11) is 0. The number of anilines is 1. The van der Waals surface area contributed by atoms with Gasteiger partial charge in [0, 0.05) is 16.9 Å². The summed E-state index contributed by atoms with van der Waals surface area (Å²) in [5.74, 6) is -1.34. The third-order valence-corrected chi connectivity index (χ3v) is 4.98. The van der Waals surface area contributed by atoms with Crippen molar-refractivity contribution in [1.82, 2.24) is 0 Å². The summed E-state index contributed by atoms with van der Waals surface area (Å²) in [6.07, 6.45) is 2.36. The summed E-state index contributed by atoms with van der Waals surface area (Å²) in [5.41, 5.74) is 3.79. The zero-order valence-corrected chi connectivity index (χ0v) is 13.8. The first-order chi connectivity index (χ1) is 12.1. The Morgan fingerprint density at radius 1 is 1.00 bits per heavy atom. The summed E-state index contributed by atoms with van der Waals surface area (Å²) in [4.78, 5) is 13.1. The third kappa shape index (κ3) is 2.55. The van der Waals surface area contributed by atoms with Crippen LogP contribution in [0.2, 0.25) is 0 Å². The number of Topliss-reactive ketones (excluding diaryl/α,β-unsaturated/α-hetero) is 1. The van der Waals surface area contributed by atoms with Gasteiger partial charge in [-0.05, 0) is 36.8 Å². The van der Waals surface area contributed by atoms with E-state index in [2.05, 4.69) is 5.32 Å². The van der Waals surface area contributed by atoms with Gasteiger partial charge < -0.3 is 15.5 Å². The van der Waals surface area contributed by atoms with E-state index in [0.717, 1.165) is 11.3 Å². The summed E-state index contributed by atoms with van der Waals surface area (Å²) in [6.45, 7) is 2.01. The first-order valence-electron chi connectivity index (χ1n) is 8.32. The van der Waals surface area contributed by atoms with Gasteiger partial charge in [0.2, 0.25) is 0 Å². The molecular formula is C21H19NO3. The van der Waals surface area contributed by atoms with Crippen LogP contribution in [0.5, 0.6) is 0 Å². The molecule has 0 heterocycles. The van der Waals surface area contributed by atoms with E-state index in [-0.39, 0.29) is 11.5 Å². The molecule has 4 heteroatoms. The standard InChI is InChI=1S/C21H19NO3/c1-12-6-8-13(9-7-12)22-16-10-11-17(23)19-18(16)20(24)14-4-2-3-5-15(14)21(19)25/h2-11,18-19,21-23,25H,1H3. The minimum atomic E-state index is -0.918. The largest absolute Gasteiger partial charge is 0.512 e. The maximum absolute atomic E-state index is 13.1. The molecule has 0 amide bonds. The Hall–Kier alpha value is -2.85. The van der Waals surface area contributed by atoms with Gasteiger partial charge >= 0.3 is 0 Å². The summed E-state index contributed by atoms with van der Waals surface area (Å²) in [5, 5.41) is 24.4. The molecule has 3 atom stereocenters. The van der Waals surface area contributed by atoms with Crippen LogP contribution in [0.25, 0.3) is 0 Å². The zero-order chi connectivity index (χ0) is 17.6. The highest BCUT2D eigenvalue weighted by atomic mass is 16.3. The predicted octanol–water partition coefficient (Wildman–Crippen LogP) is 3.91. The maximum Gasteiger partial charge on any atom is 0.173 e. The number of fused-ring (bicyclic) bond motifs is 2. The number of benzene rings is 2. The van der Waals surface area contributed by atoms with Crippen LogP contribution < -0.4 is 5.32 Å². The molecule has 0 bridgehead atoms. The maximum atomic E-state index is 13.1. The molecular weight excluding hydrogens is 314 g/mol. The van der Waals surface area contributed by atoms with Gasteiger partial charge in [0.05, 0.1) is 23.7 Å². The van der Waals surface area contributed by atoms with E-state index in [1.807, 2.05) is 31.2 Å². The second kappa shape index (κ2) is 5.90. The molecule has 0 aliphatic heterocycles. The molecule has 3 N–H and O–H groups in total. The number of nitrogens with one attached hydrogen (secondary N) is 1. The SMILES string of the molecule is Cc1ccc(NC2=CC=C(O)C3C2C(=O)c2ccccc2C3O)cc1. The topological polar surface area (TPSA) is 69.6 Å². The molecule has 2 aromatic carbocycles. The second-order valence-electron chi connectivity index (χ2n) is 6.60. The number of aliphatic hydroxyl groups is 2. The Labute approximate surface area is 146 Å². The Morgan fingerprint density at radius 3 is 2.48 bits per heavy atom. The zero-order valence-electron chi connectivity index (χ0n) is 13.8. The van der Waals surface area contributed by atoms with E-state index < -0.39 is 17.9 Å². The fraction of sp³-hybridized carbons (Fsp3) is 0.190. The lowest BCUT2D eigenvalue weighted by molar-refractivity contribution is 0.0511. The van der Waals surface area contributed by atoms with Crippen LogP contribution in [-0.2, 0) is 0 Å². The molecule has 0 aromatic heterocycles. The van der Waals surface area contributed by atoms with E-state index >= 15 is 0 Å². The van der Waals surface area contributed by atoms with Crippen molar-refractivity contribution in [2.24, 2.45) is 11.8 Å². The van der Waals surface area contributed by atoms with Gasteiger partial charge in [-0.25, -0.2) is 0 Å². The fourth-order valence-electron chi connectivity index (χ4n) is 3.67. The van der Waals surface area contributed by atoms with Gasteiger partial charge in [0.15, 0.2) is 5.78 Å².